The Hall–Kier alpha value is -2.13. The summed E-state index contributed by atoms with van der Waals surface area (Å²) >= 11 is 0. The number of likely N-dealkylation sites (tertiary alicyclic amines) is 1. The number of ether oxygens (including phenoxy) is 1. The van der Waals surface area contributed by atoms with Gasteiger partial charge in [-0.25, -0.2) is 17.9 Å². The molecule has 1 aliphatic heterocycles. The van der Waals surface area contributed by atoms with E-state index in [-0.39, 0.29) is 12.5 Å². The summed E-state index contributed by atoms with van der Waals surface area (Å²) in [6.45, 7) is 5.60. The standard InChI is InChI=1S/C17H24N2O6S/c1-4-18-26(23,24)14-5-6-19(9-14)17(22)13-7-11(2)16(12(3)8-13)25-10-15(20)21/h7-8,14,18H,4-6,9-10H2,1-3H3,(H,20,21). The fourth-order valence-corrected chi connectivity index (χ4v) is 4.53. The molecule has 26 heavy (non-hydrogen) atoms. The number of nitrogens with one attached hydrogen (secondary N) is 1. The van der Waals surface area contributed by atoms with Crippen molar-refractivity contribution in [2.24, 2.45) is 0 Å². The first-order chi connectivity index (χ1) is 12.2. The third-order valence-electron chi connectivity index (χ3n) is 4.26. The van der Waals surface area contributed by atoms with E-state index in [4.69, 9.17) is 9.84 Å². The first kappa shape index (κ1) is 20.2. The highest BCUT2D eigenvalue weighted by atomic mass is 32.2. The number of carboxylic acid groups (broad SMARTS) is 1. The highest BCUT2D eigenvalue weighted by Crippen LogP contribution is 2.27. The monoisotopic (exact) mass is 384 g/mol. The number of nitrogens with zero attached hydrogens (tertiary/aromatic N) is 1. The van der Waals surface area contributed by atoms with Crippen LogP contribution in [0.3, 0.4) is 0 Å². The molecule has 1 amide bonds. The van der Waals surface area contributed by atoms with Crippen LogP contribution in [0.15, 0.2) is 12.1 Å². The molecular weight excluding hydrogens is 360 g/mol. The van der Waals surface area contributed by atoms with Crippen LogP contribution in [0.5, 0.6) is 5.75 Å². The van der Waals surface area contributed by atoms with Gasteiger partial charge in [-0.2, -0.15) is 0 Å². The third kappa shape index (κ3) is 4.53. The number of sulfonamides is 1. The van der Waals surface area contributed by atoms with Crippen LogP contribution >= 0.6 is 0 Å². The highest BCUT2D eigenvalue weighted by molar-refractivity contribution is 7.90. The van der Waals surface area contributed by atoms with Crippen molar-refractivity contribution in [1.82, 2.24) is 9.62 Å². The molecule has 1 heterocycles. The number of amides is 1. The molecule has 0 radical (unpaired) electrons. The first-order valence-electron chi connectivity index (χ1n) is 8.39. The van der Waals surface area contributed by atoms with Gasteiger partial charge in [0.15, 0.2) is 6.61 Å². The van der Waals surface area contributed by atoms with Crippen LogP contribution in [-0.4, -0.2) is 61.8 Å². The van der Waals surface area contributed by atoms with Crippen LogP contribution < -0.4 is 9.46 Å². The van der Waals surface area contributed by atoms with Gasteiger partial charge in [-0.05, 0) is 43.5 Å². The molecule has 0 aliphatic carbocycles. The maximum Gasteiger partial charge on any atom is 0.341 e. The minimum absolute atomic E-state index is 0.156. The lowest BCUT2D eigenvalue weighted by Crippen LogP contribution is -2.37. The van der Waals surface area contributed by atoms with Gasteiger partial charge in [-0.15, -0.1) is 0 Å². The van der Waals surface area contributed by atoms with Crippen molar-refractivity contribution in [2.75, 3.05) is 26.2 Å². The highest BCUT2D eigenvalue weighted by Gasteiger charge is 2.35. The number of benzene rings is 1. The second-order valence-electron chi connectivity index (χ2n) is 6.33. The first-order valence-corrected chi connectivity index (χ1v) is 9.94. The maximum absolute atomic E-state index is 12.7. The number of carbonyl (C=O) groups is 2. The van der Waals surface area contributed by atoms with Crippen LogP contribution in [0, 0.1) is 13.8 Å². The molecule has 0 bridgehead atoms. The Bertz CT molecular complexity index is 782. The molecule has 1 atom stereocenters. The van der Waals surface area contributed by atoms with Gasteiger partial charge in [-0.1, -0.05) is 6.92 Å². The Labute approximate surface area is 153 Å². The van der Waals surface area contributed by atoms with Crippen LogP contribution in [0.25, 0.3) is 0 Å². The predicted octanol–water partition coefficient (Wildman–Crippen LogP) is 0.921. The van der Waals surface area contributed by atoms with E-state index in [0.29, 0.717) is 42.0 Å². The maximum atomic E-state index is 12.7. The zero-order valence-corrected chi connectivity index (χ0v) is 15.9. The fourth-order valence-electron chi connectivity index (χ4n) is 3.10. The summed E-state index contributed by atoms with van der Waals surface area (Å²) in [5.41, 5.74) is 1.75. The number of hydrogen-bond donors (Lipinski definition) is 2. The Kier molecular flexibility index (Phi) is 6.25. The summed E-state index contributed by atoms with van der Waals surface area (Å²) in [6, 6.07) is 3.28. The van der Waals surface area contributed by atoms with Gasteiger partial charge in [0.05, 0.1) is 5.25 Å². The second kappa shape index (κ2) is 8.05. The lowest BCUT2D eigenvalue weighted by atomic mass is 10.0. The van der Waals surface area contributed by atoms with Crippen molar-refractivity contribution < 1.29 is 27.9 Å². The van der Waals surface area contributed by atoms with E-state index in [1.807, 2.05) is 0 Å². The van der Waals surface area contributed by atoms with E-state index in [1.54, 1.807) is 32.9 Å². The van der Waals surface area contributed by atoms with Crippen molar-refractivity contribution in [1.29, 1.82) is 0 Å². The van der Waals surface area contributed by atoms with Gasteiger partial charge >= 0.3 is 5.97 Å². The normalized spacial score (nSPS) is 17.3. The van der Waals surface area contributed by atoms with Crippen molar-refractivity contribution in [3.8, 4) is 5.75 Å². The molecule has 8 nitrogen and oxygen atoms in total. The lowest BCUT2D eigenvalue weighted by molar-refractivity contribution is -0.139. The number of carboxylic acids is 1. The van der Waals surface area contributed by atoms with Gasteiger partial charge in [0.1, 0.15) is 5.75 Å². The molecule has 9 heteroatoms. The van der Waals surface area contributed by atoms with Gasteiger partial charge in [-0.3, -0.25) is 4.79 Å². The van der Waals surface area contributed by atoms with E-state index in [2.05, 4.69) is 4.72 Å². The Morgan fingerprint density at radius 1 is 1.31 bits per heavy atom. The van der Waals surface area contributed by atoms with Gasteiger partial charge < -0.3 is 14.7 Å². The molecule has 1 unspecified atom stereocenters. The minimum atomic E-state index is -3.42. The molecule has 1 saturated heterocycles. The van der Waals surface area contributed by atoms with Gasteiger partial charge in [0.2, 0.25) is 10.0 Å². The summed E-state index contributed by atoms with van der Waals surface area (Å²) in [5, 5.41) is 8.13. The van der Waals surface area contributed by atoms with Crippen molar-refractivity contribution >= 4 is 21.9 Å². The molecular formula is C17H24N2O6S. The largest absolute Gasteiger partial charge is 0.481 e. The quantitative estimate of drug-likeness (QED) is 0.723. The molecule has 0 aromatic heterocycles. The van der Waals surface area contributed by atoms with Crippen molar-refractivity contribution in [3.63, 3.8) is 0 Å². The smallest absolute Gasteiger partial charge is 0.341 e. The summed E-state index contributed by atoms with van der Waals surface area (Å²) < 4.78 is 32.0. The second-order valence-corrected chi connectivity index (χ2v) is 8.37. The summed E-state index contributed by atoms with van der Waals surface area (Å²) in [5.74, 6) is -0.873. The Balaban J connectivity index is 2.14. The topological polar surface area (TPSA) is 113 Å². The van der Waals surface area contributed by atoms with Gasteiger partial charge in [0.25, 0.3) is 5.91 Å². The molecule has 1 aliphatic rings. The molecule has 0 saturated carbocycles. The van der Waals surface area contributed by atoms with E-state index in [0.717, 1.165) is 0 Å². The van der Waals surface area contributed by atoms with Crippen molar-refractivity contribution in [3.05, 3.63) is 28.8 Å². The van der Waals surface area contributed by atoms with Crippen LogP contribution in [0.2, 0.25) is 0 Å². The van der Waals surface area contributed by atoms with Crippen LogP contribution in [0.4, 0.5) is 0 Å². The number of aliphatic carboxylic acids is 1. The molecule has 2 N–H and O–H groups in total. The SMILES string of the molecule is CCNS(=O)(=O)C1CCN(C(=O)c2cc(C)c(OCC(=O)O)c(C)c2)C1. The molecule has 1 fully saturated rings. The molecule has 1 aromatic rings. The van der Waals surface area contributed by atoms with E-state index < -0.39 is 27.8 Å². The number of carbonyl (C=O) groups excluding carboxylic acids is 1. The fraction of sp³-hybridized carbons (Fsp3) is 0.529. The minimum Gasteiger partial charge on any atom is -0.481 e. The van der Waals surface area contributed by atoms with Crippen molar-refractivity contribution in [2.45, 2.75) is 32.4 Å². The Morgan fingerprint density at radius 3 is 2.46 bits per heavy atom. The zero-order valence-electron chi connectivity index (χ0n) is 15.1. The van der Waals surface area contributed by atoms with E-state index in [1.165, 1.54) is 4.90 Å². The third-order valence-corrected chi connectivity index (χ3v) is 6.22. The summed E-state index contributed by atoms with van der Waals surface area (Å²) in [7, 11) is -3.42. The molecule has 1 aromatic carbocycles. The average molecular weight is 384 g/mol. The molecule has 0 spiro atoms. The summed E-state index contributed by atoms with van der Waals surface area (Å²) in [6.07, 6.45) is 0.402. The van der Waals surface area contributed by atoms with Gasteiger partial charge in [0, 0.05) is 25.2 Å². The molecule has 2 rings (SSSR count). The number of aryl methyl sites for hydroxylation is 2. The lowest BCUT2D eigenvalue weighted by Gasteiger charge is -2.19. The number of hydrogen-bond acceptors (Lipinski definition) is 5. The molecule has 144 valence electrons. The van der Waals surface area contributed by atoms with Crippen LogP contribution in [-0.2, 0) is 14.8 Å². The van der Waals surface area contributed by atoms with E-state index >= 15 is 0 Å². The predicted molar refractivity (Wildman–Crippen MR) is 96.0 cm³/mol. The Morgan fingerprint density at radius 2 is 1.92 bits per heavy atom. The van der Waals surface area contributed by atoms with Crippen LogP contribution in [0.1, 0.15) is 34.8 Å². The zero-order chi connectivity index (χ0) is 19.5. The van der Waals surface area contributed by atoms with E-state index in [9.17, 15) is 18.0 Å². The summed E-state index contributed by atoms with van der Waals surface area (Å²) in [4.78, 5) is 24.9. The average Bonchev–Trinajstić information content (AvgIpc) is 3.03. The number of rotatable bonds is 7.